The zero-order valence-electron chi connectivity index (χ0n) is 2.77. The molecule has 0 aromatic rings. The van der Waals surface area contributed by atoms with Crippen LogP contribution in [0.15, 0.2) is 12.2 Å². The molecule has 0 amide bonds. The molecule has 0 saturated carbocycles. The Morgan fingerprint density at radius 3 is 2.20 bits per heavy atom. The third-order valence-corrected chi connectivity index (χ3v) is 0.401. The fourth-order valence-electron chi connectivity index (χ4n) is 0.0454. The van der Waals surface area contributed by atoms with E-state index in [1.54, 1.807) is 17.1 Å². The van der Waals surface area contributed by atoms with Gasteiger partial charge in [0.1, 0.15) is 0 Å². The third kappa shape index (κ3) is 3.99. The molecule has 0 rings (SSSR count). The van der Waals surface area contributed by atoms with Crippen LogP contribution in [-0.2, 0) is 15.3 Å². The molecule has 0 N–H and O–H groups in total. The van der Waals surface area contributed by atoms with E-state index in [0.29, 0.717) is 0 Å². The van der Waals surface area contributed by atoms with Crippen molar-refractivity contribution in [3.63, 3.8) is 0 Å². The van der Waals surface area contributed by atoms with Crippen molar-refractivity contribution in [2.24, 2.45) is 0 Å². The molecule has 0 saturated heterocycles. The molecule has 0 bridgehead atoms. The van der Waals surface area contributed by atoms with Gasteiger partial charge in [0, 0.05) is 0 Å². The van der Waals surface area contributed by atoms with Crippen molar-refractivity contribution in [2.45, 2.75) is 0 Å². The van der Waals surface area contributed by atoms with Gasteiger partial charge in [-0.05, 0) is 0 Å². The molecule has 0 nitrogen and oxygen atoms in total. The van der Waals surface area contributed by atoms with Crippen LogP contribution in [0.4, 0.5) is 0 Å². The first-order chi connectivity index (χ1) is 2.41. The molecule has 1 heteroatoms. The van der Waals surface area contributed by atoms with Gasteiger partial charge < -0.3 is 0 Å². The summed E-state index contributed by atoms with van der Waals surface area (Å²) in [4.78, 5) is 1.62. The molecule has 0 aliphatic rings. The summed E-state index contributed by atoms with van der Waals surface area (Å²) in [5.74, 6) is 0. The van der Waals surface area contributed by atoms with Gasteiger partial charge in [-0.3, -0.25) is 0 Å². The van der Waals surface area contributed by atoms with Crippen LogP contribution in [0.5, 0.6) is 0 Å². The van der Waals surface area contributed by atoms with Gasteiger partial charge in [0.2, 0.25) is 0 Å². The van der Waals surface area contributed by atoms with E-state index in [2.05, 4.69) is 22.2 Å². The predicted molar refractivity (Wildman–Crippen MR) is 20.6 cm³/mol. The molecule has 0 unspecified atom stereocenters. The topological polar surface area (TPSA) is 0 Å². The molecule has 31 valence electrons. The molecule has 0 spiro atoms. The fraction of sp³-hybridized carbons (Fsp3) is 0. The number of hydrogen-bond acceptors (Lipinski definition) is 0. The Morgan fingerprint density at radius 1 is 1.60 bits per heavy atom. The molecular formula is C4H5Co-. The van der Waals surface area contributed by atoms with Crippen molar-refractivity contribution in [3.05, 3.63) is 19.1 Å². The molecular weight excluding hydrogens is 107 g/mol. The molecule has 0 aromatic carbocycles. The van der Waals surface area contributed by atoms with Crippen LogP contribution in [0.25, 0.3) is 0 Å². The van der Waals surface area contributed by atoms with Gasteiger partial charge >= 0.3 is 39.3 Å². The predicted octanol–water partition coefficient (Wildman–Crippen LogP) is 0.726. The van der Waals surface area contributed by atoms with Crippen molar-refractivity contribution in [2.75, 3.05) is 0 Å². The van der Waals surface area contributed by atoms with E-state index < -0.39 is 0 Å². The average Bonchev–Trinajstić information content (AvgIpc) is 1.41. The van der Waals surface area contributed by atoms with Gasteiger partial charge in [0.05, 0.1) is 0 Å². The van der Waals surface area contributed by atoms with Crippen molar-refractivity contribution in [1.82, 2.24) is 0 Å². The van der Waals surface area contributed by atoms with Crippen molar-refractivity contribution >= 4 is 4.96 Å². The molecule has 0 aromatic heterocycles. The number of rotatable bonds is 1. The van der Waals surface area contributed by atoms with E-state index >= 15 is 0 Å². The van der Waals surface area contributed by atoms with Crippen LogP contribution in [0.1, 0.15) is 0 Å². The van der Waals surface area contributed by atoms with Gasteiger partial charge in [-0.1, -0.05) is 0 Å². The molecule has 0 aliphatic carbocycles. The summed E-state index contributed by atoms with van der Waals surface area (Å²) in [6.07, 6.45) is 3.42. The summed E-state index contributed by atoms with van der Waals surface area (Å²) in [6.45, 7) is 3.41. The number of hydrogen-bond donors (Lipinski definition) is 0. The summed E-state index contributed by atoms with van der Waals surface area (Å²) in [5.41, 5.74) is 0. The second-order valence-corrected chi connectivity index (χ2v) is 0.886. The Kier molecular flexibility index (Phi) is 3.98. The van der Waals surface area contributed by atoms with Crippen LogP contribution >= 0.6 is 0 Å². The van der Waals surface area contributed by atoms with Gasteiger partial charge in [-0.15, -0.1) is 0 Å². The quantitative estimate of drug-likeness (QED) is 0.438. The van der Waals surface area contributed by atoms with E-state index in [9.17, 15) is 0 Å². The molecule has 0 heterocycles. The molecule has 0 fully saturated rings. The summed E-state index contributed by atoms with van der Waals surface area (Å²) < 4.78 is 0. The maximum absolute atomic E-state index is 3.79. The van der Waals surface area contributed by atoms with Crippen molar-refractivity contribution < 1.29 is 15.3 Å². The molecule has 0 radical (unpaired) electrons. The van der Waals surface area contributed by atoms with Crippen LogP contribution in [0, 0.1) is 6.92 Å². The van der Waals surface area contributed by atoms with Crippen LogP contribution in [0.2, 0.25) is 0 Å². The zero-order valence-corrected chi connectivity index (χ0v) is 3.81. The second kappa shape index (κ2) is 3.99. The third-order valence-electron chi connectivity index (χ3n) is 0.200. The fourth-order valence-corrected chi connectivity index (χ4v) is 0.187. The Balaban J connectivity index is 2.92. The maximum atomic E-state index is 3.79. The summed E-state index contributed by atoms with van der Waals surface area (Å²) in [7, 11) is 0. The van der Waals surface area contributed by atoms with E-state index in [0.717, 1.165) is 0 Å². The van der Waals surface area contributed by atoms with E-state index in [4.69, 9.17) is 0 Å². The van der Waals surface area contributed by atoms with Crippen LogP contribution in [-0.4, -0.2) is 4.96 Å². The summed E-state index contributed by atoms with van der Waals surface area (Å²) >= 11 is 3.79. The van der Waals surface area contributed by atoms with E-state index in [1.807, 2.05) is 0 Å². The SMILES string of the molecule is [CH2-]/C=C\[CH]=[Co]. The van der Waals surface area contributed by atoms with E-state index in [1.165, 1.54) is 0 Å². The first-order valence-corrected chi connectivity index (χ1v) is 1.87. The minimum atomic E-state index is 1.62. The van der Waals surface area contributed by atoms with Crippen molar-refractivity contribution in [3.8, 4) is 0 Å². The van der Waals surface area contributed by atoms with Crippen LogP contribution in [0.3, 0.4) is 0 Å². The Labute approximate surface area is 40.0 Å². The van der Waals surface area contributed by atoms with Gasteiger partial charge in [-0.25, -0.2) is 0 Å². The normalized spacial score (nSPS) is 9.00. The summed E-state index contributed by atoms with van der Waals surface area (Å²) in [5, 5.41) is 0. The van der Waals surface area contributed by atoms with Gasteiger partial charge in [0.25, 0.3) is 0 Å². The van der Waals surface area contributed by atoms with Crippen molar-refractivity contribution in [1.29, 1.82) is 0 Å². The van der Waals surface area contributed by atoms with Gasteiger partial charge in [0.15, 0.2) is 0 Å². The average molecular weight is 112 g/mol. The van der Waals surface area contributed by atoms with E-state index in [-0.39, 0.29) is 0 Å². The Hall–Kier alpha value is -0.0135. The second-order valence-electron chi connectivity index (χ2n) is 0.539. The molecule has 0 aliphatic heterocycles. The zero-order chi connectivity index (χ0) is 4.12. The first kappa shape index (κ1) is 4.99. The Bertz CT molecular complexity index is 45.6. The standard InChI is InChI=1S/C4H5.Co/c1-3-4-2;/h1,3-4H,2H2;/q-1;/b4-3-;. The molecule has 0 atom stereocenters. The minimum absolute atomic E-state index is 1.62. The van der Waals surface area contributed by atoms with Gasteiger partial charge in [-0.2, -0.15) is 0 Å². The first-order valence-electron chi connectivity index (χ1n) is 1.27. The Morgan fingerprint density at radius 2 is 2.20 bits per heavy atom. The monoisotopic (exact) mass is 112 g/mol. The molecule has 5 heavy (non-hydrogen) atoms. The number of allylic oxidation sites excluding steroid dienone is 2. The van der Waals surface area contributed by atoms with Crippen LogP contribution < -0.4 is 0 Å². The summed E-state index contributed by atoms with van der Waals surface area (Å²) in [6, 6.07) is 0.